The number of amides is 1. The fourth-order valence-electron chi connectivity index (χ4n) is 2.40. The first-order valence-corrected chi connectivity index (χ1v) is 8.40. The van der Waals surface area contributed by atoms with E-state index < -0.39 is 21.5 Å². The van der Waals surface area contributed by atoms with Gasteiger partial charge in [-0.3, -0.25) is 9.59 Å². The molecule has 0 bridgehead atoms. The third-order valence-electron chi connectivity index (χ3n) is 3.48. The van der Waals surface area contributed by atoms with Gasteiger partial charge in [0.1, 0.15) is 11.5 Å². The number of rotatable bonds is 4. The molecule has 2 aliphatic heterocycles. The van der Waals surface area contributed by atoms with Gasteiger partial charge in [0, 0.05) is 32.5 Å². The summed E-state index contributed by atoms with van der Waals surface area (Å²) in [6.45, 7) is 1.28. The van der Waals surface area contributed by atoms with Gasteiger partial charge in [0.15, 0.2) is 9.84 Å². The van der Waals surface area contributed by atoms with E-state index in [2.05, 4.69) is 0 Å². The molecule has 0 aromatic rings. The molecular formula is C12H19NO5S. The van der Waals surface area contributed by atoms with Crippen molar-refractivity contribution in [3.05, 3.63) is 0 Å². The maximum absolute atomic E-state index is 11.9. The highest BCUT2D eigenvalue weighted by Crippen LogP contribution is 2.15. The van der Waals surface area contributed by atoms with Crippen molar-refractivity contribution < 1.29 is 22.7 Å². The lowest BCUT2D eigenvalue weighted by Crippen LogP contribution is -2.42. The van der Waals surface area contributed by atoms with Gasteiger partial charge < -0.3 is 9.64 Å². The second-order valence-electron chi connectivity index (χ2n) is 5.11. The summed E-state index contributed by atoms with van der Waals surface area (Å²) in [5.41, 5.74) is 0. The quantitative estimate of drug-likeness (QED) is 0.714. The van der Waals surface area contributed by atoms with Crippen molar-refractivity contribution in [2.45, 2.75) is 31.8 Å². The standard InChI is InChI=1S/C12H19NO5S/c14-10-3-5-13(6-4-10)12(15)9-19(16,17)8-11-2-1-7-18-11/h11H,1-9H2. The minimum absolute atomic E-state index is 0.0779. The SMILES string of the molecule is O=C1CCN(C(=O)CS(=O)(=O)CC2CCCO2)CC1. The second-order valence-corrected chi connectivity index (χ2v) is 7.22. The summed E-state index contributed by atoms with van der Waals surface area (Å²) in [5.74, 6) is -0.816. The Morgan fingerprint density at radius 1 is 1.32 bits per heavy atom. The Hall–Kier alpha value is -0.950. The van der Waals surface area contributed by atoms with Gasteiger partial charge >= 0.3 is 0 Å². The van der Waals surface area contributed by atoms with Crippen LogP contribution in [-0.2, 0) is 24.2 Å². The summed E-state index contributed by atoms with van der Waals surface area (Å²) in [6.07, 6.45) is 2.02. The summed E-state index contributed by atoms with van der Waals surface area (Å²) in [5, 5.41) is 0. The third kappa shape index (κ3) is 4.28. The first-order chi connectivity index (χ1) is 8.96. The summed E-state index contributed by atoms with van der Waals surface area (Å²) in [4.78, 5) is 24.4. The summed E-state index contributed by atoms with van der Waals surface area (Å²) in [6, 6.07) is 0. The molecule has 0 aliphatic carbocycles. The maximum Gasteiger partial charge on any atom is 0.237 e. The van der Waals surface area contributed by atoms with Gasteiger partial charge in [-0.25, -0.2) is 8.42 Å². The van der Waals surface area contributed by atoms with Crippen molar-refractivity contribution in [2.75, 3.05) is 31.2 Å². The lowest BCUT2D eigenvalue weighted by molar-refractivity contribution is -0.132. The third-order valence-corrected chi connectivity index (χ3v) is 5.05. The highest BCUT2D eigenvalue weighted by atomic mass is 32.2. The molecule has 2 rings (SSSR count). The lowest BCUT2D eigenvalue weighted by atomic mass is 10.1. The predicted molar refractivity (Wildman–Crippen MR) is 68.4 cm³/mol. The van der Waals surface area contributed by atoms with Crippen LogP contribution in [0.25, 0.3) is 0 Å². The van der Waals surface area contributed by atoms with Crippen LogP contribution in [0.5, 0.6) is 0 Å². The molecule has 6 nitrogen and oxygen atoms in total. The Bertz CT molecular complexity index is 443. The Kier molecular flexibility index (Phi) is 4.57. The Morgan fingerprint density at radius 2 is 2.00 bits per heavy atom. The number of ether oxygens (including phenoxy) is 1. The zero-order valence-corrected chi connectivity index (χ0v) is 11.7. The molecule has 1 amide bonds. The van der Waals surface area contributed by atoms with E-state index in [1.165, 1.54) is 4.90 Å². The molecule has 0 spiro atoms. The van der Waals surface area contributed by atoms with E-state index in [0.29, 0.717) is 32.5 Å². The fourth-order valence-corrected chi connectivity index (χ4v) is 3.91. The highest BCUT2D eigenvalue weighted by molar-refractivity contribution is 7.92. The summed E-state index contributed by atoms with van der Waals surface area (Å²) >= 11 is 0. The number of sulfone groups is 1. The number of piperidine rings is 1. The number of hydrogen-bond acceptors (Lipinski definition) is 5. The number of likely N-dealkylation sites (tertiary alicyclic amines) is 1. The van der Waals surface area contributed by atoms with Crippen LogP contribution in [0.1, 0.15) is 25.7 Å². The molecule has 2 aliphatic rings. The van der Waals surface area contributed by atoms with Gasteiger partial charge in [0.25, 0.3) is 0 Å². The number of hydrogen-bond donors (Lipinski definition) is 0. The Morgan fingerprint density at radius 3 is 2.58 bits per heavy atom. The van der Waals surface area contributed by atoms with E-state index in [-0.39, 0.29) is 17.6 Å². The van der Waals surface area contributed by atoms with Crippen molar-refractivity contribution in [1.82, 2.24) is 4.90 Å². The van der Waals surface area contributed by atoms with Crippen LogP contribution in [0, 0.1) is 0 Å². The molecule has 2 heterocycles. The smallest absolute Gasteiger partial charge is 0.237 e. The zero-order chi connectivity index (χ0) is 13.9. The van der Waals surface area contributed by atoms with Gasteiger partial charge in [-0.15, -0.1) is 0 Å². The van der Waals surface area contributed by atoms with E-state index in [1.54, 1.807) is 0 Å². The number of carbonyl (C=O) groups excluding carboxylic acids is 2. The Balaban J connectivity index is 1.84. The monoisotopic (exact) mass is 289 g/mol. The molecule has 19 heavy (non-hydrogen) atoms. The molecule has 7 heteroatoms. The van der Waals surface area contributed by atoms with E-state index in [1.807, 2.05) is 0 Å². The average molecular weight is 289 g/mol. The van der Waals surface area contributed by atoms with Crippen molar-refractivity contribution in [2.24, 2.45) is 0 Å². The molecule has 2 fully saturated rings. The number of ketones is 1. The van der Waals surface area contributed by atoms with Gasteiger partial charge in [-0.1, -0.05) is 0 Å². The van der Waals surface area contributed by atoms with Gasteiger partial charge in [-0.05, 0) is 12.8 Å². The van der Waals surface area contributed by atoms with Crippen LogP contribution in [0.3, 0.4) is 0 Å². The topological polar surface area (TPSA) is 80.8 Å². The van der Waals surface area contributed by atoms with Crippen LogP contribution in [-0.4, -0.2) is 62.3 Å². The molecule has 0 N–H and O–H groups in total. The van der Waals surface area contributed by atoms with Crippen LogP contribution in [0.15, 0.2) is 0 Å². The predicted octanol–water partition coefficient (Wildman–Crippen LogP) is -0.228. The molecular weight excluding hydrogens is 270 g/mol. The highest BCUT2D eigenvalue weighted by Gasteiger charge is 2.28. The fraction of sp³-hybridized carbons (Fsp3) is 0.833. The van der Waals surface area contributed by atoms with Gasteiger partial charge in [0.05, 0.1) is 11.9 Å². The largest absolute Gasteiger partial charge is 0.377 e. The maximum atomic E-state index is 11.9. The van der Waals surface area contributed by atoms with Crippen LogP contribution in [0.2, 0.25) is 0 Å². The lowest BCUT2D eigenvalue weighted by Gasteiger charge is -2.26. The van der Waals surface area contributed by atoms with E-state index >= 15 is 0 Å². The molecule has 2 saturated heterocycles. The molecule has 0 saturated carbocycles. The minimum Gasteiger partial charge on any atom is -0.377 e. The molecule has 108 valence electrons. The first-order valence-electron chi connectivity index (χ1n) is 6.58. The molecule has 1 unspecified atom stereocenters. The summed E-state index contributed by atoms with van der Waals surface area (Å²) in [7, 11) is -3.43. The number of nitrogens with zero attached hydrogens (tertiary/aromatic N) is 1. The number of carbonyl (C=O) groups is 2. The number of Topliss-reactive ketones (excluding diaryl/α,β-unsaturated/α-hetero) is 1. The van der Waals surface area contributed by atoms with Gasteiger partial charge in [-0.2, -0.15) is 0 Å². The van der Waals surface area contributed by atoms with Crippen molar-refractivity contribution in [1.29, 1.82) is 0 Å². The molecule has 0 aromatic carbocycles. The van der Waals surface area contributed by atoms with Crippen molar-refractivity contribution >= 4 is 21.5 Å². The second kappa shape index (κ2) is 6.00. The van der Waals surface area contributed by atoms with E-state index in [0.717, 1.165) is 12.8 Å². The zero-order valence-electron chi connectivity index (χ0n) is 10.8. The van der Waals surface area contributed by atoms with E-state index in [9.17, 15) is 18.0 Å². The summed E-state index contributed by atoms with van der Waals surface area (Å²) < 4.78 is 29.1. The van der Waals surface area contributed by atoms with Crippen LogP contribution >= 0.6 is 0 Å². The minimum atomic E-state index is -3.43. The molecule has 1 atom stereocenters. The normalized spacial score (nSPS) is 24.7. The van der Waals surface area contributed by atoms with Crippen LogP contribution < -0.4 is 0 Å². The van der Waals surface area contributed by atoms with Crippen molar-refractivity contribution in [3.8, 4) is 0 Å². The van der Waals surface area contributed by atoms with Crippen molar-refractivity contribution in [3.63, 3.8) is 0 Å². The molecule has 0 radical (unpaired) electrons. The van der Waals surface area contributed by atoms with Gasteiger partial charge in [0.2, 0.25) is 5.91 Å². The Labute approximate surface area is 113 Å². The van der Waals surface area contributed by atoms with Crippen LogP contribution in [0.4, 0.5) is 0 Å². The first kappa shape index (κ1) is 14.5. The van der Waals surface area contributed by atoms with E-state index in [4.69, 9.17) is 4.74 Å². The molecule has 0 aromatic heterocycles. The average Bonchev–Trinajstić information content (AvgIpc) is 2.81.